The molecular formula is C10H14BrN7O. The van der Waals surface area contributed by atoms with Crippen LogP contribution in [0.1, 0.15) is 32.1 Å². The fourth-order valence-electron chi connectivity index (χ4n) is 1.59. The predicted molar refractivity (Wildman–Crippen MR) is 72.7 cm³/mol. The van der Waals surface area contributed by atoms with Crippen molar-refractivity contribution in [3.05, 3.63) is 26.8 Å². The van der Waals surface area contributed by atoms with Crippen molar-refractivity contribution in [2.45, 2.75) is 32.9 Å². The van der Waals surface area contributed by atoms with Crippen LogP contribution in [0.3, 0.4) is 0 Å². The highest BCUT2D eigenvalue weighted by molar-refractivity contribution is 9.10. The minimum Gasteiger partial charge on any atom is -0.373 e. The SMILES string of the molecule is CCCn1ncc(NC(C)c2nn[nH]n2)c(Br)c1=O. The summed E-state index contributed by atoms with van der Waals surface area (Å²) in [5, 5.41) is 20.9. The fraction of sp³-hybridized carbons (Fsp3) is 0.500. The first-order valence-corrected chi connectivity index (χ1v) is 6.68. The van der Waals surface area contributed by atoms with Crippen LogP contribution in [0.4, 0.5) is 5.69 Å². The molecule has 2 heterocycles. The van der Waals surface area contributed by atoms with E-state index in [1.54, 1.807) is 6.20 Å². The van der Waals surface area contributed by atoms with E-state index in [4.69, 9.17) is 0 Å². The number of tetrazole rings is 1. The van der Waals surface area contributed by atoms with E-state index in [9.17, 15) is 4.79 Å². The first-order chi connectivity index (χ1) is 9.13. The molecule has 0 saturated heterocycles. The number of aryl methyl sites for hydroxylation is 1. The van der Waals surface area contributed by atoms with Crippen LogP contribution in [0.15, 0.2) is 15.5 Å². The molecule has 0 aliphatic rings. The molecule has 0 saturated carbocycles. The normalized spacial score (nSPS) is 12.4. The van der Waals surface area contributed by atoms with Gasteiger partial charge in [0.05, 0.1) is 17.9 Å². The van der Waals surface area contributed by atoms with Crippen LogP contribution >= 0.6 is 15.9 Å². The Labute approximate surface area is 117 Å². The van der Waals surface area contributed by atoms with E-state index in [1.807, 2.05) is 13.8 Å². The topological polar surface area (TPSA) is 101 Å². The van der Waals surface area contributed by atoms with Crippen molar-refractivity contribution in [1.82, 2.24) is 30.4 Å². The highest BCUT2D eigenvalue weighted by Crippen LogP contribution is 2.21. The predicted octanol–water partition coefficient (Wildman–Crippen LogP) is 1.10. The van der Waals surface area contributed by atoms with Gasteiger partial charge in [-0.15, -0.1) is 10.2 Å². The molecule has 102 valence electrons. The van der Waals surface area contributed by atoms with Gasteiger partial charge in [-0.2, -0.15) is 10.3 Å². The molecule has 0 bridgehead atoms. The van der Waals surface area contributed by atoms with Gasteiger partial charge in [0, 0.05) is 6.54 Å². The average Bonchev–Trinajstić information content (AvgIpc) is 2.92. The van der Waals surface area contributed by atoms with Crippen molar-refractivity contribution < 1.29 is 0 Å². The molecule has 19 heavy (non-hydrogen) atoms. The molecule has 0 aromatic carbocycles. The number of hydrogen-bond donors (Lipinski definition) is 2. The summed E-state index contributed by atoms with van der Waals surface area (Å²) in [7, 11) is 0. The number of anilines is 1. The summed E-state index contributed by atoms with van der Waals surface area (Å²) < 4.78 is 1.88. The minimum absolute atomic E-state index is 0.160. The van der Waals surface area contributed by atoms with Crippen LogP contribution in [-0.4, -0.2) is 30.4 Å². The van der Waals surface area contributed by atoms with Gasteiger partial charge in [-0.05, 0) is 29.3 Å². The van der Waals surface area contributed by atoms with E-state index in [0.717, 1.165) is 6.42 Å². The molecule has 0 fully saturated rings. The number of halogens is 1. The minimum atomic E-state index is -0.182. The molecule has 2 aromatic rings. The lowest BCUT2D eigenvalue weighted by molar-refractivity contribution is 0.565. The molecule has 0 aliphatic heterocycles. The summed E-state index contributed by atoms with van der Waals surface area (Å²) in [6.07, 6.45) is 2.46. The zero-order valence-electron chi connectivity index (χ0n) is 10.6. The Hall–Kier alpha value is -1.77. The molecular weight excluding hydrogens is 314 g/mol. The summed E-state index contributed by atoms with van der Waals surface area (Å²) >= 11 is 3.29. The van der Waals surface area contributed by atoms with Gasteiger partial charge in [-0.3, -0.25) is 4.79 Å². The van der Waals surface area contributed by atoms with Gasteiger partial charge in [-0.25, -0.2) is 4.68 Å². The van der Waals surface area contributed by atoms with Crippen LogP contribution in [0.2, 0.25) is 0 Å². The van der Waals surface area contributed by atoms with E-state index in [-0.39, 0.29) is 11.6 Å². The Morgan fingerprint density at radius 2 is 2.37 bits per heavy atom. The molecule has 0 aliphatic carbocycles. The Kier molecular flexibility index (Phi) is 4.25. The van der Waals surface area contributed by atoms with Gasteiger partial charge in [0.2, 0.25) is 0 Å². The molecule has 8 nitrogen and oxygen atoms in total. The van der Waals surface area contributed by atoms with E-state index < -0.39 is 0 Å². The van der Waals surface area contributed by atoms with Crippen molar-refractivity contribution in [3.8, 4) is 0 Å². The number of hydrogen-bond acceptors (Lipinski definition) is 6. The summed E-state index contributed by atoms with van der Waals surface area (Å²) in [5.41, 5.74) is 0.446. The summed E-state index contributed by atoms with van der Waals surface area (Å²) in [6, 6.07) is -0.182. The second kappa shape index (κ2) is 5.91. The number of aromatic amines is 1. The van der Waals surface area contributed by atoms with Gasteiger partial charge in [0.1, 0.15) is 4.47 Å². The lowest BCUT2D eigenvalue weighted by Gasteiger charge is -2.13. The third-order valence-electron chi connectivity index (χ3n) is 2.54. The number of nitrogens with one attached hydrogen (secondary N) is 2. The van der Waals surface area contributed by atoms with Gasteiger partial charge >= 0.3 is 0 Å². The second-order valence-corrected chi connectivity index (χ2v) is 4.83. The van der Waals surface area contributed by atoms with Gasteiger partial charge in [0.25, 0.3) is 5.56 Å². The third kappa shape index (κ3) is 2.98. The number of aromatic nitrogens is 6. The Morgan fingerprint density at radius 3 is 3.00 bits per heavy atom. The van der Waals surface area contributed by atoms with Crippen molar-refractivity contribution >= 4 is 21.6 Å². The molecule has 9 heteroatoms. The molecule has 2 rings (SSSR count). The highest BCUT2D eigenvalue weighted by Gasteiger charge is 2.14. The maximum atomic E-state index is 12.0. The van der Waals surface area contributed by atoms with Crippen molar-refractivity contribution in [2.24, 2.45) is 0 Å². The largest absolute Gasteiger partial charge is 0.373 e. The lowest BCUT2D eigenvalue weighted by atomic mass is 10.3. The third-order valence-corrected chi connectivity index (χ3v) is 3.31. The first kappa shape index (κ1) is 13.7. The smallest absolute Gasteiger partial charge is 0.283 e. The fourth-order valence-corrected chi connectivity index (χ4v) is 2.01. The first-order valence-electron chi connectivity index (χ1n) is 5.89. The van der Waals surface area contributed by atoms with Crippen molar-refractivity contribution in [2.75, 3.05) is 5.32 Å². The Bertz CT molecular complexity index is 594. The maximum Gasteiger partial charge on any atom is 0.283 e. The van der Waals surface area contributed by atoms with Crippen LogP contribution < -0.4 is 10.9 Å². The summed E-state index contributed by atoms with van der Waals surface area (Å²) in [4.78, 5) is 12.0. The quantitative estimate of drug-likeness (QED) is 0.852. The van der Waals surface area contributed by atoms with Gasteiger partial charge in [-0.1, -0.05) is 12.1 Å². The number of H-pyrrole nitrogens is 1. The van der Waals surface area contributed by atoms with Crippen LogP contribution in [0.25, 0.3) is 0 Å². The van der Waals surface area contributed by atoms with Crippen molar-refractivity contribution in [3.63, 3.8) is 0 Å². The molecule has 0 amide bonds. The second-order valence-electron chi connectivity index (χ2n) is 4.04. The highest BCUT2D eigenvalue weighted by atomic mass is 79.9. The monoisotopic (exact) mass is 327 g/mol. The number of rotatable bonds is 5. The molecule has 1 unspecified atom stereocenters. The van der Waals surface area contributed by atoms with Crippen LogP contribution in [0, 0.1) is 0 Å². The number of nitrogens with zero attached hydrogens (tertiary/aromatic N) is 5. The molecule has 2 aromatic heterocycles. The zero-order valence-corrected chi connectivity index (χ0v) is 12.2. The molecule has 0 spiro atoms. The summed E-state index contributed by atoms with van der Waals surface area (Å²) in [6.45, 7) is 4.46. The van der Waals surface area contributed by atoms with Gasteiger partial charge < -0.3 is 5.32 Å². The maximum absolute atomic E-state index is 12.0. The van der Waals surface area contributed by atoms with E-state index >= 15 is 0 Å². The molecule has 0 radical (unpaired) electrons. The van der Waals surface area contributed by atoms with E-state index in [1.165, 1.54) is 4.68 Å². The van der Waals surface area contributed by atoms with Crippen molar-refractivity contribution in [1.29, 1.82) is 0 Å². The van der Waals surface area contributed by atoms with E-state index in [0.29, 0.717) is 22.5 Å². The van der Waals surface area contributed by atoms with E-state index in [2.05, 4.69) is 47.0 Å². The van der Waals surface area contributed by atoms with Gasteiger partial charge in [0.15, 0.2) is 5.82 Å². The van der Waals surface area contributed by atoms with Crippen LogP contribution in [0.5, 0.6) is 0 Å². The molecule has 1 atom stereocenters. The summed E-state index contributed by atoms with van der Waals surface area (Å²) in [5.74, 6) is 0.518. The average molecular weight is 328 g/mol. The molecule has 2 N–H and O–H groups in total. The Balaban J connectivity index is 2.22. The van der Waals surface area contributed by atoms with Crippen LogP contribution in [-0.2, 0) is 6.54 Å². The standard InChI is InChI=1S/C10H14BrN7O/c1-3-4-18-10(19)8(11)7(5-12-18)13-6(2)9-14-16-17-15-9/h5-6,13H,3-4H2,1-2H3,(H,14,15,16,17). The lowest BCUT2D eigenvalue weighted by Crippen LogP contribution is -2.25. The Morgan fingerprint density at radius 1 is 1.58 bits per heavy atom. The zero-order chi connectivity index (χ0) is 13.8.